The highest BCUT2D eigenvalue weighted by molar-refractivity contribution is 5.89. The first kappa shape index (κ1) is 10.1. The summed E-state index contributed by atoms with van der Waals surface area (Å²) in [5.74, 6) is 1.50. The van der Waals surface area contributed by atoms with Crippen molar-refractivity contribution in [3.8, 4) is 12.3 Å². The Balaban J connectivity index is 2.97. The third-order valence-electron chi connectivity index (χ3n) is 1.87. The molecule has 0 saturated carbocycles. The Morgan fingerprint density at radius 2 is 2.36 bits per heavy atom. The van der Waals surface area contributed by atoms with Gasteiger partial charge in [-0.3, -0.25) is 0 Å². The Bertz CT molecular complexity index is 391. The zero-order valence-electron chi connectivity index (χ0n) is 7.87. The van der Waals surface area contributed by atoms with Crippen LogP contribution in [0.5, 0.6) is 0 Å². The Labute approximate surface area is 82.8 Å². The van der Waals surface area contributed by atoms with Crippen LogP contribution >= 0.6 is 0 Å². The minimum absolute atomic E-state index is 0.259. The molecule has 0 amide bonds. The number of terminal acetylenes is 1. The molecule has 1 aromatic rings. The zero-order chi connectivity index (χ0) is 10.6. The van der Waals surface area contributed by atoms with E-state index in [9.17, 15) is 4.79 Å². The molecule has 0 aliphatic heterocycles. The van der Waals surface area contributed by atoms with Gasteiger partial charge in [0, 0.05) is 5.69 Å². The molecule has 0 unspecified atom stereocenters. The molecule has 0 saturated heterocycles. The third kappa shape index (κ3) is 2.27. The SMILES string of the molecule is C#CCNc1cc(C(=O)O)ccc1C. The van der Waals surface area contributed by atoms with Crippen molar-refractivity contribution >= 4 is 11.7 Å². The van der Waals surface area contributed by atoms with E-state index in [0.717, 1.165) is 11.3 Å². The lowest BCUT2D eigenvalue weighted by Crippen LogP contribution is -2.03. The van der Waals surface area contributed by atoms with Gasteiger partial charge >= 0.3 is 5.97 Å². The fourth-order valence-electron chi connectivity index (χ4n) is 1.09. The van der Waals surface area contributed by atoms with Gasteiger partial charge in [-0.15, -0.1) is 6.42 Å². The molecule has 0 radical (unpaired) electrons. The number of carboxylic acids is 1. The van der Waals surface area contributed by atoms with Gasteiger partial charge in [-0.05, 0) is 24.6 Å². The van der Waals surface area contributed by atoms with Gasteiger partial charge in [-0.25, -0.2) is 4.79 Å². The summed E-state index contributed by atoms with van der Waals surface area (Å²) in [5, 5.41) is 11.7. The average molecular weight is 189 g/mol. The molecule has 0 atom stereocenters. The monoisotopic (exact) mass is 189 g/mol. The van der Waals surface area contributed by atoms with Gasteiger partial charge in [0.25, 0.3) is 0 Å². The highest BCUT2D eigenvalue weighted by atomic mass is 16.4. The number of carboxylic acid groups (broad SMARTS) is 1. The van der Waals surface area contributed by atoms with Crippen LogP contribution in [-0.2, 0) is 0 Å². The molecule has 3 nitrogen and oxygen atoms in total. The highest BCUT2D eigenvalue weighted by Crippen LogP contribution is 2.16. The van der Waals surface area contributed by atoms with Crippen molar-refractivity contribution in [3.05, 3.63) is 29.3 Å². The summed E-state index contributed by atoms with van der Waals surface area (Å²) in [5.41, 5.74) is 2.00. The number of carbonyl (C=O) groups is 1. The molecule has 14 heavy (non-hydrogen) atoms. The van der Waals surface area contributed by atoms with Crippen molar-refractivity contribution in [2.45, 2.75) is 6.92 Å². The van der Waals surface area contributed by atoms with Crippen molar-refractivity contribution in [1.82, 2.24) is 0 Å². The quantitative estimate of drug-likeness (QED) is 0.712. The van der Waals surface area contributed by atoms with E-state index in [2.05, 4.69) is 11.2 Å². The molecule has 0 aromatic heterocycles. The Hall–Kier alpha value is -1.95. The van der Waals surface area contributed by atoms with Gasteiger partial charge < -0.3 is 10.4 Å². The molecule has 0 bridgehead atoms. The lowest BCUT2D eigenvalue weighted by atomic mass is 10.1. The first-order valence-corrected chi connectivity index (χ1v) is 4.16. The fourth-order valence-corrected chi connectivity index (χ4v) is 1.09. The van der Waals surface area contributed by atoms with Crippen molar-refractivity contribution < 1.29 is 9.90 Å². The average Bonchev–Trinajstić information content (AvgIpc) is 2.16. The molecule has 2 N–H and O–H groups in total. The molecular weight excluding hydrogens is 178 g/mol. The van der Waals surface area contributed by atoms with E-state index >= 15 is 0 Å². The van der Waals surface area contributed by atoms with Crippen molar-refractivity contribution in [2.75, 3.05) is 11.9 Å². The van der Waals surface area contributed by atoms with Crippen LogP contribution in [-0.4, -0.2) is 17.6 Å². The van der Waals surface area contributed by atoms with Crippen LogP contribution in [0.2, 0.25) is 0 Å². The predicted molar refractivity (Wildman–Crippen MR) is 55.5 cm³/mol. The van der Waals surface area contributed by atoms with E-state index in [1.165, 1.54) is 0 Å². The second-order valence-electron chi connectivity index (χ2n) is 2.89. The summed E-state index contributed by atoms with van der Waals surface area (Å²) in [6, 6.07) is 4.90. The normalized spacial score (nSPS) is 9.14. The van der Waals surface area contributed by atoms with E-state index in [1.54, 1.807) is 18.2 Å². The second kappa shape index (κ2) is 4.33. The fraction of sp³-hybridized carbons (Fsp3) is 0.182. The van der Waals surface area contributed by atoms with Crippen LogP contribution in [0.4, 0.5) is 5.69 Å². The molecule has 72 valence electrons. The number of hydrogen-bond donors (Lipinski definition) is 2. The lowest BCUT2D eigenvalue weighted by Gasteiger charge is -2.07. The first-order chi connectivity index (χ1) is 6.65. The van der Waals surface area contributed by atoms with E-state index in [0.29, 0.717) is 6.54 Å². The summed E-state index contributed by atoms with van der Waals surface area (Å²) in [4.78, 5) is 10.7. The molecule has 3 heteroatoms. The summed E-state index contributed by atoms with van der Waals surface area (Å²) in [7, 11) is 0. The number of rotatable bonds is 3. The van der Waals surface area contributed by atoms with Crippen LogP contribution < -0.4 is 5.32 Å². The maximum absolute atomic E-state index is 10.7. The molecule has 0 fully saturated rings. The van der Waals surface area contributed by atoms with E-state index in [-0.39, 0.29) is 5.56 Å². The van der Waals surface area contributed by atoms with Crippen LogP contribution in [0.1, 0.15) is 15.9 Å². The Morgan fingerprint density at radius 1 is 1.64 bits per heavy atom. The number of benzene rings is 1. The molecule has 0 aliphatic carbocycles. The van der Waals surface area contributed by atoms with Crippen molar-refractivity contribution in [3.63, 3.8) is 0 Å². The largest absolute Gasteiger partial charge is 0.478 e. The predicted octanol–water partition coefficient (Wildman–Crippen LogP) is 1.74. The number of aromatic carboxylic acids is 1. The van der Waals surface area contributed by atoms with Gasteiger partial charge in [0.1, 0.15) is 0 Å². The molecule has 1 rings (SSSR count). The van der Waals surface area contributed by atoms with Crippen LogP contribution in [0.3, 0.4) is 0 Å². The van der Waals surface area contributed by atoms with Gasteiger partial charge in [-0.1, -0.05) is 12.0 Å². The smallest absolute Gasteiger partial charge is 0.335 e. The van der Waals surface area contributed by atoms with E-state index in [4.69, 9.17) is 11.5 Å². The van der Waals surface area contributed by atoms with E-state index < -0.39 is 5.97 Å². The molecule has 1 aromatic carbocycles. The lowest BCUT2D eigenvalue weighted by molar-refractivity contribution is 0.0697. The maximum Gasteiger partial charge on any atom is 0.335 e. The van der Waals surface area contributed by atoms with Gasteiger partial charge in [0.05, 0.1) is 12.1 Å². The summed E-state index contributed by atoms with van der Waals surface area (Å²) < 4.78 is 0. The topological polar surface area (TPSA) is 49.3 Å². The molecule has 0 aliphatic rings. The highest BCUT2D eigenvalue weighted by Gasteiger charge is 2.04. The van der Waals surface area contributed by atoms with Crippen LogP contribution in [0.15, 0.2) is 18.2 Å². The minimum atomic E-state index is -0.936. The standard InChI is InChI=1S/C11H11NO2/c1-3-6-12-10-7-9(11(13)14)5-4-8(10)2/h1,4-5,7,12H,6H2,2H3,(H,13,14). The summed E-state index contributed by atoms with van der Waals surface area (Å²) >= 11 is 0. The zero-order valence-corrected chi connectivity index (χ0v) is 7.87. The first-order valence-electron chi connectivity index (χ1n) is 4.16. The van der Waals surface area contributed by atoms with Crippen LogP contribution in [0.25, 0.3) is 0 Å². The summed E-state index contributed by atoms with van der Waals surface area (Å²) in [6.07, 6.45) is 5.10. The minimum Gasteiger partial charge on any atom is -0.478 e. The maximum atomic E-state index is 10.7. The second-order valence-corrected chi connectivity index (χ2v) is 2.89. The summed E-state index contributed by atoms with van der Waals surface area (Å²) in [6.45, 7) is 2.29. The number of nitrogens with one attached hydrogen (secondary N) is 1. The van der Waals surface area contributed by atoms with E-state index in [1.807, 2.05) is 6.92 Å². The van der Waals surface area contributed by atoms with Gasteiger partial charge in [-0.2, -0.15) is 0 Å². The van der Waals surface area contributed by atoms with Crippen LogP contribution in [0, 0.1) is 19.3 Å². The van der Waals surface area contributed by atoms with Gasteiger partial charge in [0.15, 0.2) is 0 Å². The molecular formula is C11H11NO2. The number of hydrogen-bond acceptors (Lipinski definition) is 2. The molecule has 0 heterocycles. The third-order valence-corrected chi connectivity index (χ3v) is 1.87. The molecule has 0 spiro atoms. The van der Waals surface area contributed by atoms with Crippen molar-refractivity contribution in [2.24, 2.45) is 0 Å². The van der Waals surface area contributed by atoms with Gasteiger partial charge in [0.2, 0.25) is 0 Å². The number of aryl methyl sites for hydroxylation is 1. The number of anilines is 1. The Morgan fingerprint density at radius 3 is 2.93 bits per heavy atom. The van der Waals surface area contributed by atoms with Crippen molar-refractivity contribution in [1.29, 1.82) is 0 Å². The Kier molecular flexibility index (Phi) is 3.14.